The topological polar surface area (TPSA) is 79.7 Å². The number of nitrogen functional groups attached to an aromatic ring is 1. The Bertz CT molecular complexity index is 620. The Hall–Kier alpha value is -2.01. The van der Waals surface area contributed by atoms with Gasteiger partial charge in [0.25, 0.3) is 5.91 Å². The van der Waals surface area contributed by atoms with Crippen molar-refractivity contribution in [1.82, 2.24) is 4.90 Å². The van der Waals surface area contributed by atoms with Gasteiger partial charge in [-0.05, 0) is 37.1 Å². The summed E-state index contributed by atoms with van der Waals surface area (Å²) < 4.78 is 5.56. The fourth-order valence-electron chi connectivity index (χ4n) is 2.60. The van der Waals surface area contributed by atoms with Gasteiger partial charge in [0.15, 0.2) is 5.76 Å². The number of amides is 1. The number of furan rings is 1. The summed E-state index contributed by atoms with van der Waals surface area (Å²) in [6.07, 6.45) is 1.76. The smallest absolute Gasteiger partial charge is 0.289 e. The second-order valence-electron chi connectivity index (χ2n) is 4.89. The van der Waals surface area contributed by atoms with Crippen molar-refractivity contribution in [1.29, 1.82) is 0 Å². The van der Waals surface area contributed by atoms with E-state index in [-0.39, 0.29) is 18.6 Å². The third kappa shape index (κ3) is 2.06. The van der Waals surface area contributed by atoms with Crippen molar-refractivity contribution < 1.29 is 14.3 Å². The number of carbonyl (C=O) groups is 1. The molecule has 0 bridgehead atoms. The summed E-state index contributed by atoms with van der Waals surface area (Å²) in [5, 5.41) is 10.1. The monoisotopic (exact) mass is 260 g/mol. The second-order valence-corrected chi connectivity index (χ2v) is 4.89. The van der Waals surface area contributed by atoms with Gasteiger partial charge in [0.1, 0.15) is 5.58 Å². The van der Waals surface area contributed by atoms with E-state index in [1.807, 2.05) is 0 Å². The molecule has 0 aliphatic carbocycles. The second kappa shape index (κ2) is 4.59. The number of hydrogen-bond donors (Lipinski definition) is 2. The summed E-state index contributed by atoms with van der Waals surface area (Å²) in [4.78, 5) is 14.0. The van der Waals surface area contributed by atoms with Crippen LogP contribution in [0, 0.1) is 0 Å². The first-order valence-electron chi connectivity index (χ1n) is 6.40. The number of carbonyl (C=O) groups excluding carboxylic acids is 1. The number of aliphatic hydroxyl groups excluding tert-OH is 1. The maximum Gasteiger partial charge on any atom is 0.289 e. The summed E-state index contributed by atoms with van der Waals surface area (Å²) >= 11 is 0. The Morgan fingerprint density at radius 1 is 1.47 bits per heavy atom. The van der Waals surface area contributed by atoms with Gasteiger partial charge >= 0.3 is 0 Å². The molecule has 3 N–H and O–H groups in total. The van der Waals surface area contributed by atoms with E-state index in [0.29, 0.717) is 23.6 Å². The van der Waals surface area contributed by atoms with Crippen LogP contribution in [0.25, 0.3) is 11.0 Å². The minimum Gasteiger partial charge on any atom is -0.451 e. The molecule has 0 saturated carbocycles. The SMILES string of the molecule is Nc1ccc2oc(C(=O)N3CCCC3CO)cc2c1. The van der Waals surface area contributed by atoms with Crippen molar-refractivity contribution in [3.05, 3.63) is 30.0 Å². The fraction of sp³-hybridized carbons (Fsp3) is 0.357. The number of rotatable bonds is 2. The van der Waals surface area contributed by atoms with Gasteiger partial charge in [-0.3, -0.25) is 4.79 Å². The molecule has 2 aromatic rings. The van der Waals surface area contributed by atoms with Crippen LogP contribution in [0.15, 0.2) is 28.7 Å². The molecule has 1 atom stereocenters. The normalized spacial score (nSPS) is 19.2. The number of nitrogens with two attached hydrogens (primary N) is 1. The molecule has 0 spiro atoms. The van der Waals surface area contributed by atoms with Crippen LogP contribution in [0.1, 0.15) is 23.4 Å². The average Bonchev–Trinajstić information content (AvgIpc) is 3.03. The Labute approximate surface area is 110 Å². The summed E-state index contributed by atoms with van der Waals surface area (Å²) in [5.74, 6) is 0.146. The number of benzene rings is 1. The Balaban J connectivity index is 1.93. The predicted octanol–water partition coefficient (Wildman–Crippen LogP) is 1.61. The first kappa shape index (κ1) is 12.0. The molecule has 5 heteroatoms. The van der Waals surface area contributed by atoms with E-state index in [9.17, 15) is 9.90 Å². The molecule has 19 heavy (non-hydrogen) atoms. The van der Waals surface area contributed by atoms with E-state index in [2.05, 4.69) is 0 Å². The molecular formula is C14H16N2O3. The highest BCUT2D eigenvalue weighted by atomic mass is 16.3. The van der Waals surface area contributed by atoms with Crippen LogP contribution >= 0.6 is 0 Å². The van der Waals surface area contributed by atoms with E-state index >= 15 is 0 Å². The van der Waals surface area contributed by atoms with Crippen LogP contribution in [-0.2, 0) is 0 Å². The first-order chi connectivity index (χ1) is 9.19. The molecule has 100 valence electrons. The minimum absolute atomic E-state index is 0.00107. The van der Waals surface area contributed by atoms with E-state index in [4.69, 9.17) is 10.2 Å². The number of fused-ring (bicyclic) bond motifs is 1. The van der Waals surface area contributed by atoms with Gasteiger partial charge < -0.3 is 20.2 Å². The predicted molar refractivity (Wildman–Crippen MR) is 71.8 cm³/mol. The number of aliphatic hydroxyl groups is 1. The van der Waals surface area contributed by atoms with Crippen molar-refractivity contribution in [2.45, 2.75) is 18.9 Å². The fourth-order valence-corrected chi connectivity index (χ4v) is 2.60. The molecule has 1 unspecified atom stereocenters. The van der Waals surface area contributed by atoms with Gasteiger partial charge in [0.2, 0.25) is 0 Å². The summed E-state index contributed by atoms with van der Waals surface area (Å²) in [6, 6.07) is 6.90. The van der Waals surface area contributed by atoms with Crippen molar-refractivity contribution in [3.63, 3.8) is 0 Å². The summed E-state index contributed by atoms with van der Waals surface area (Å²) in [7, 11) is 0. The Kier molecular flexibility index (Phi) is 2.91. The van der Waals surface area contributed by atoms with Crippen LogP contribution in [-0.4, -0.2) is 35.1 Å². The van der Waals surface area contributed by atoms with E-state index < -0.39 is 0 Å². The van der Waals surface area contributed by atoms with Crippen molar-refractivity contribution in [2.24, 2.45) is 0 Å². The molecule has 1 saturated heterocycles. The zero-order valence-corrected chi connectivity index (χ0v) is 10.5. The average molecular weight is 260 g/mol. The van der Waals surface area contributed by atoms with Crippen molar-refractivity contribution in [2.75, 3.05) is 18.9 Å². The van der Waals surface area contributed by atoms with Gasteiger partial charge in [-0.15, -0.1) is 0 Å². The van der Waals surface area contributed by atoms with Gasteiger partial charge in [-0.1, -0.05) is 0 Å². The van der Waals surface area contributed by atoms with Gasteiger partial charge in [-0.2, -0.15) is 0 Å². The molecule has 3 rings (SSSR count). The van der Waals surface area contributed by atoms with Gasteiger partial charge in [0, 0.05) is 17.6 Å². The van der Waals surface area contributed by atoms with E-state index in [1.165, 1.54) is 0 Å². The van der Waals surface area contributed by atoms with Gasteiger partial charge in [-0.25, -0.2) is 0 Å². The number of likely N-dealkylation sites (tertiary alicyclic amines) is 1. The lowest BCUT2D eigenvalue weighted by atomic mass is 10.2. The summed E-state index contributed by atoms with van der Waals surface area (Å²) in [6.45, 7) is 0.669. The third-order valence-electron chi connectivity index (χ3n) is 3.60. The van der Waals surface area contributed by atoms with Crippen LogP contribution in [0.3, 0.4) is 0 Å². The largest absolute Gasteiger partial charge is 0.451 e. The standard InChI is InChI=1S/C14H16N2O3/c15-10-3-4-12-9(6-10)7-13(19-12)14(18)16-5-1-2-11(16)8-17/h3-4,6-7,11,17H,1-2,5,8,15H2. The zero-order chi connectivity index (χ0) is 13.4. The lowest BCUT2D eigenvalue weighted by Crippen LogP contribution is -2.37. The molecule has 1 amide bonds. The minimum atomic E-state index is -0.161. The molecule has 1 aromatic heterocycles. The molecule has 1 fully saturated rings. The van der Waals surface area contributed by atoms with Crippen LogP contribution < -0.4 is 5.73 Å². The van der Waals surface area contributed by atoms with Crippen LogP contribution in [0.4, 0.5) is 5.69 Å². The Morgan fingerprint density at radius 3 is 3.11 bits per heavy atom. The lowest BCUT2D eigenvalue weighted by Gasteiger charge is -2.21. The highest BCUT2D eigenvalue weighted by Crippen LogP contribution is 2.25. The molecule has 5 nitrogen and oxygen atoms in total. The van der Waals surface area contributed by atoms with Gasteiger partial charge in [0.05, 0.1) is 12.6 Å². The number of nitrogens with zero attached hydrogens (tertiary/aromatic N) is 1. The molecule has 2 heterocycles. The van der Waals surface area contributed by atoms with Crippen LogP contribution in [0.5, 0.6) is 0 Å². The molecule has 1 aromatic carbocycles. The van der Waals surface area contributed by atoms with Crippen LogP contribution in [0.2, 0.25) is 0 Å². The third-order valence-corrected chi connectivity index (χ3v) is 3.60. The first-order valence-corrected chi connectivity index (χ1v) is 6.40. The molecule has 1 aliphatic heterocycles. The maximum absolute atomic E-state index is 12.4. The highest BCUT2D eigenvalue weighted by molar-refractivity contribution is 5.97. The van der Waals surface area contributed by atoms with Crippen molar-refractivity contribution >= 4 is 22.6 Å². The van der Waals surface area contributed by atoms with E-state index in [1.54, 1.807) is 29.2 Å². The lowest BCUT2D eigenvalue weighted by molar-refractivity contribution is 0.0648. The maximum atomic E-state index is 12.4. The highest BCUT2D eigenvalue weighted by Gasteiger charge is 2.30. The Morgan fingerprint density at radius 2 is 2.32 bits per heavy atom. The van der Waals surface area contributed by atoms with Crippen molar-refractivity contribution in [3.8, 4) is 0 Å². The summed E-state index contributed by atoms with van der Waals surface area (Å²) in [5.41, 5.74) is 7.00. The number of hydrogen-bond acceptors (Lipinski definition) is 4. The molecule has 1 aliphatic rings. The quantitative estimate of drug-likeness (QED) is 0.804. The zero-order valence-electron chi connectivity index (χ0n) is 10.5. The molecule has 0 radical (unpaired) electrons. The van der Waals surface area contributed by atoms with E-state index in [0.717, 1.165) is 18.2 Å². The number of anilines is 1. The molecular weight excluding hydrogens is 244 g/mol.